The molecule has 2 nitrogen and oxygen atoms in total. The van der Waals surface area contributed by atoms with Gasteiger partial charge in [0.05, 0.1) is 0 Å². The van der Waals surface area contributed by atoms with Crippen LogP contribution in [0.3, 0.4) is 0 Å². The van der Waals surface area contributed by atoms with E-state index in [1.807, 2.05) is 39.0 Å². The third-order valence-electron chi connectivity index (χ3n) is 5.64. The van der Waals surface area contributed by atoms with Gasteiger partial charge in [-0.25, -0.2) is 0 Å². The molecule has 0 aliphatic rings. The molecule has 0 radical (unpaired) electrons. The fourth-order valence-electron chi connectivity index (χ4n) is 4.15. The van der Waals surface area contributed by atoms with E-state index in [0.717, 1.165) is 59.7 Å². The second-order valence-electron chi connectivity index (χ2n) is 8.34. The molecular formula is C26H37O2P. The first kappa shape index (κ1) is 23.6. The van der Waals surface area contributed by atoms with Crippen LogP contribution in [0.25, 0.3) is 0 Å². The van der Waals surface area contributed by atoms with Gasteiger partial charge < -0.3 is 4.57 Å². The van der Waals surface area contributed by atoms with Crippen LogP contribution >= 0.6 is 7.80 Å². The minimum Gasteiger partial charge on any atom is -0.313 e. The van der Waals surface area contributed by atoms with E-state index in [1.54, 1.807) is 0 Å². The number of hydrogen-bond donors (Lipinski definition) is 0. The zero-order chi connectivity index (χ0) is 21.4. The van der Waals surface area contributed by atoms with Crippen LogP contribution < -0.4 is 5.30 Å². The number of benzene rings is 2. The Morgan fingerprint density at radius 1 is 0.828 bits per heavy atom. The number of aryl methyl sites for hydroxylation is 5. The van der Waals surface area contributed by atoms with Gasteiger partial charge in [-0.05, 0) is 68.7 Å². The van der Waals surface area contributed by atoms with Gasteiger partial charge in [0, 0.05) is 10.9 Å². The molecule has 158 valence electrons. The van der Waals surface area contributed by atoms with E-state index in [9.17, 15) is 9.36 Å². The largest absolute Gasteiger partial charge is 0.313 e. The van der Waals surface area contributed by atoms with Gasteiger partial charge in [-0.1, -0.05) is 75.4 Å². The van der Waals surface area contributed by atoms with Gasteiger partial charge in [0.2, 0.25) is 5.52 Å². The fraction of sp³-hybridized carbons (Fsp3) is 0.500. The molecule has 0 aliphatic heterocycles. The molecule has 1 unspecified atom stereocenters. The lowest BCUT2D eigenvalue weighted by Crippen LogP contribution is -2.13. The average molecular weight is 413 g/mol. The summed E-state index contributed by atoms with van der Waals surface area (Å²) >= 11 is 0. The predicted octanol–water partition coefficient (Wildman–Crippen LogP) is 7.10. The monoisotopic (exact) mass is 412 g/mol. The Bertz CT molecular complexity index is 844. The maximum atomic E-state index is 13.4. The summed E-state index contributed by atoms with van der Waals surface area (Å²) in [4.78, 5) is 13.2. The van der Waals surface area contributed by atoms with E-state index in [1.165, 1.54) is 24.8 Å². The van der Waals surface area contributed by atoms with Gasteiger partial charge in [-0.15, -0.1) is 0 Å². The minimum absolute atomic E-state index is 0.194. The van der Waals surface area contributed by atoms with E-state index in [0.29, 0.717) is 5.56 Å². The van der Waals surface area contributed by atoms with E-state index in [-0.39, 0.29) is 5.52 Å². The summed E-state index contributed by atoms with van der Waals surface area (Å²) in [5.41, 5.74) is 5.86. The third-order valence-corrected chi connectivity index (χ3v) is 7.28. The lowest BCUT2D eigenvalue weighted by Gasteiger charge is -2.14. The number of unbranched alkanes of at least 4 members (excludes halogenated alkanes) is 4. The van der Waals surface area contributed by atoms with Gasteiger partial charge in [0.15, 0.2) is 7.80 Å². The summed E-state index contributed by atoms with van der Waals surface area (Å²) < 4.78 is 13.4. The number of rotatable bonds is 11. The summed E-state index contributed by atoms with van der Waals surface area (Å²) in [7, 11) is -2.55. The molecule has 0 N–H and O–H groups in total. The summed E-state index contributed by atoms with van der Waals surface area (Å²) in [6.45, 7) is 10.3. The van der Waals surface area contributed by atoms with Crippen molar-refractivity contribution in [1.82, 2.24) is 0 Å². The first-order valence-corrected chi connectivity index (χ1v) is 12.6. The Hall–Kier alpha value is -1.66. The van der Waals surface area contributed by atoms with Crippen molar-refractivity contribution in [2.75, 3.05) is 0 Å². The number of carbonyl (C=O) groups excluding carboxylic acids is 1. The van der Waals surface area contributed by atoms with E-state index >= 15 is 0 Å². The molecule has 29 heavy (non-hydrogen) atoms. The molecule has 0 bridgehead atoms. The first-order chi connectivity index (χ1) is 13.9. The maximum Gasteiger partial charge on any atom is 0.223 e. The molecule has 3 heteroatoms. The zero-order valence-electron chi connectivity index (χ0n) is 18.9. The van der Waals surface area contributed by atoms with Gasteiger partial charge in [0.1, 0.15) is 0 Å². The first-order valence-electron chi connectivity index (χ1n) is 11.2. The molecule has 1 atom stereocenters. The van der Waals surface area contributed by atoms with Gasteiger partial charge >= 0.3 is 0 Å². The second kappa shape index (κ2) is 11.5. The van der Waals surface area contributed by atoms with Gasteiger partial charge in [-0.3, -0.25) is 4.79 Å². The zero-order valence-corrected chi connectivity index (χ0v) is 19.9. The topological polar surface area (TPSA) is 34.1 Å². The molecule has 0 aromatic heterocycles. The molecule has 0 saturated heterocycles. The highest BCUT2D eigenvalue weighted by Gasteiger charge is 2.22. The molecule has 2 aromatic carbocycles. The Kier molecular flexibility index (Phi) is 9.37. The van der Waals surface area contributed by atoms with Crippen molar-refractivity contribution in [3.8, 4) is 0 Å². The Balaban J connectivity index is 2.35. The van der Waals surface area contributed by atoms with Gasteiger partial charge in [-0.2, -0.15) is 0 Å². The van der Waals surface area contributed by atoms with Crippen LogP contribution in [-0.4, -0.2) is 5.52 Å². The highest BCUT2D eigenvalue weighted by atomic mass is 31.1. The SMILES string of the molecule is CCCCCc1ccc([PH](=O)C(=O)c2c(C)cc(C)cc2C)c(CCCCC)c1. The summed E-state index contributed by atoms with van der Waals surface area (Å²) in [5, 5.41) is 0.773. The second-order valence-corrected chi connectivity index (χ2v) is 9.99. The molecule has 0 fully saturated rings. The van der Waals surface area contributed by atoms with Crippen molar-refractivity contribution >= 4 is 18.6 Å². The molecule has 2 rings (SSSR count). The van der Waals surface area contributed by atoms with Crippen LogP contribution in [0, 0.1) is 20.8 Å². The smallest absolute Gasteiger partial charge is 0.223 e. The Morgan fingerprint density at radius 2 is 1.41 bits per heavy atom. The molecule has 0 saturated carbocycles. The quantitative estimate of drug-likeness (QED) is 0.291. The highest BCUT2D eigenvalue weighted by Crippen LogP contribution is 2.32. The summed E-state index contributed by atoms with van der Waals surface area (Å²) in [6.07, 6.45) is 8.97. The van der Waals surface area contributed by atoms with Crippen molar-refractivity contribution in [2.45, 2.75) is 86.0 Å². The molecular weight excluding hydrogens is 375 g/mol. The van der Waals surface area contributed by atoms with Crippen molar-refractivity contribution in [3.63, 3.8) is 0 Å². The third kappa shape index (κ3) is 6.41. The lowest BCUT2D eigenvalue weighted by atomic mass is 10.0. The van der Waals surface area contributed by atoms with Crippen LogP contribution in [-0.2, 0) is 17.4 Å². The molecule has 0 amide bonds. The lowest BCUT2D eigenvalue weighted by molar-refractivity contribution is 0.107. The van der Waals surface area contributed by atoms with Crippen LogP contribution in [0.4, 0.5) is 0 Å². The normalized spacial score (nSPS) is 12.2. The van der Waals surface area contributed by atoms with Crippen molar-refractivity contribution in [3.05, 3.63) is 63.7 Å². The molecule has 0 spiro atoms. The van der Waals surface area contributed by atoms with Crippen molar-refractivity contribution < 1.29 is 9.36 Å². The molecule has 0 aliphatic carbocycles. The van der Waals surface area contributed by atoms with E-state index in [2.05, 4.69) is 26.0 Å². The molecule has 0 heterocycles. The van der Waals surface area contributed by atoms with Crippen LogP contribution in [0.1, 0.15) is 90.5 Å². The van der Waals surface area contributed by atoms with Crippen LogP contribution in [0.2, 0.25) is 0 Å². The van der Waals surface area contributed by atoms with Gasteiger partial charge in [0.25, 0.3) is 0 Å². The van der Waals surface area contributed by atoms with Crippen molar-refractivity contribution in [1.29, 1.82) is 0 Å². The highest BCUT2D eigenvalue weighted by molar-refractivity contribution is 7.71. The number of hydrogen-bond acceptors (Lipinski definition) is 2. The minimum atomic E-state index is -2.55. The van der Waals surface area contributed by atoms with E-state index in [4.69, 9.17) is 0 Å². The summed E-state index contributed by atoms with van der Waals surface area (Å²) in [5.74, 6) is 0. The Labute approximate surface area is 177 Å². The van der Waals surface area contributed by atoms with Crippen molar-refractivity contribution in [2.24, 2.45) is 0 Å². The predicted molar refractivity (Wildman–Crippen MR) is 127 cm³/mol. The summed E-state index contributed by atoms with van der Waals surface area (Å²) in [6, 6.07) is 10.3. The number of carbonyl (C=O) groups is 1. The Morgan fingerprint density at radius 3 is 2.00 bits per heavy atom. The van der Waals surface area contributed by atoms with E-state index < -0.39 is 7.80 Å². The average Bonchev–Trinajstić information content (AvgIpc) is 2.67. The fourth-order valence-corrected chi connectivity index (χ4v) is 5.74. The molecule has 2 aromatic rings. The standard InChI is InChI=1S/C26H37O2P/c1-6-8-10-12-22-14-15-24(23(18-22)13-11-9-7-2)29(28)26(27)25-20(4)16-19(3)17-21(25)5/h14-18,29H,6-13H2,1-5H3. The maximum absolute atomic E-state index is 13.4. The van der Waals surface area contributed by atoms with Crippen LogP contribution in [0.5, 0.6) is 0 Å². The van der Waals surface area contributed by atoms with Crippen LogP contribution in [0.15, 0.2) is 30.3 Å².